The molecular formula is C18H24ClN5O. The zero-order valence-electron chi connectivity index (χ0n) is 14.7. The second-order valence-electron chi connectivity index (χ2n) is 6.79. The fourth-order valence-electron chi connectivity index (χ4n) is 3.01. The summed E-state index contributed by atoms with van der Waals surface area (Å²) in [6.45, 7) is 7.15. The number of nitrogens with one attached hydrogen (secondary N) is 1. The third kappa shape index (κ3) is 4.19. The van der Waals surface area contributed by atoms with E-state index in [4.69, 9.17) is 11.6 Å². The van der Waals surface area contributed by atoms with Gasteiger partial charge < -0.3 is 10.2 Å². The normalized spacial score (nSPS) is 17.9. The van der Waals surface area contributed by atoms with Crippen molar-refractivity contribution < 1.29 is 4.79 Å². The summed E-state index contributed by atoms with van der Waals surface area (Å²) in [5.41, 5.74) is 1.35. The Kier molecular flexibility index (Phi) is 5.71. The lowest BCUT2D eigenvalue weighted by atomic mass is 10.0. The third-order valence-electron chi connectivity index (χ3n) is 4.46. The summed E-state index contributed by atoms with van der Waals surface area (Å²) in [4.78, 5) is 14.8. The standard InChI is InChI=1S/C18H24ClN5O/c1-13(2)7-9-23-12-16(21-22-23)18(25)24-10-8-20-11-17(24)14-5-3-4-6-15(14)19/h3-6,12-13,17,20H,7-11H2,1-2H3. The van der Waals surface area contributed by atoms with E-state index in [-0.39, 0.29) is 11.9 Å². The highest BCUT2D eigenvalue weighted by Crippen LogP contribution is 2.29. The fourth-order valence-corrected chi connectivity index (χ4v) is 3.28. The van der Waals surface area contributed by atoms with Crippen LogP contribution in [0.25, 0.3) is 0 Å². The van der Waals surface area contributed by atoms with Crippen LogP contribution in [0, 0.1) is 5.92 Å². The van der Waals surface area contributed by atoms with E-state index in [1.807, 2.05) is 29.2 Å². The van der Waals surface area contributed by atoms with Gasteiger partial charge in [-0.15, -0.1) is 5.10 Å². The number of carbonyl (C=O) groups excluding carboxylic acids is 1. The Morgan fingerprint density at radius 2 is 2.20 bits per heavy atom. The molecule has 1 N–H and O–H groups in total. The average Bonchev–Trinajstić information content (AvgIpc) is 3.09. The summed E-state index contributed by atoms with van der Waals surface area (Å²) in [5, 5.41) is 12.2. The molecule has 1 aromatic heterocycles. The van der Waals surface area contributed by atoms with Crippen molar-refractivity contribution in [2.24, 2.45) is 5.92 Å². The van der Waals surface area contributed by atoms with Crippen LogP contribution in [0.4, 0.5) is 0 Å². The number of amides is 1. The van der Waals surface area contributed by atoms with Gasteiger partial charge in [0.15, 0.2) is 5.69 Å². The van der Waals surface area contributed by atoms with E-state index in [9.17, 15) is 4.79 Å². The summed E-state index contributed by atoms with van der Waals surface area (Å²) in [5.74, 6) is 0.489. The van der Waals surface area contributed by atoms with E-state index in [2.05, 4.69) is 29.5 Å². The molecule has 1 aromatic carbocycles. The Labute approximate surface area is 153 Å². The molecule has 2 aromatic rings. The second-order valence-corrected chi connectivity index (χ2v) is 7.20. The topological polar surface area (TPSA) is 63.1 Å². The number of halogens is 1. The summed E-state index contributed by atoms with van der Waals surface area (Å²) in [6.07, 6.45) is 2.75. The molecule has 25 heavy (non-hydrogen) atoms. The minimum Gasteiger partial charge on any atom is -0.328 e. The van der Waals surface area contributed by atoms with Crippen LogP contribution in [-0.4, -0.2) is 45.4 Å². The van der Waals surface area contributed by atoms with E-state index in [1.54, 1.807) is 10.9 Å². The molecule has 1 atom stereocenters. The smallest absolute Gasteiger partial charge is 0.276 e. The number of hydrogen-bond donors (Lipinski definition) is 1. The van der Waals surface area contributed by atoms with Gasteiger partial charge in [-0.05, 0) is 24.0 Å². The first-order chi connectivity index (χ1) is 12.1. The lowest BCUT2D eigenvalue weighted by Crippen LogP contribution is -2.48. The van der Waals surface area contributed by atoms with Crippen molar-refractivity contribution in [3.63, 3.8) is 0 Å². The van der Waals surface area contributed by atoms with Crippen molar-refractivity contribution in [1.29, 1.82) is 0 Å². The lowest BCUT2D eigenvalue weighted by Gasteiger charge is -2.36. The molecule has 1 fully saturated rings. The maximum absolute atomic E-state index is 13.0. The third-order valence-corrected chi connectivity index (χ3v) is 4.81. The highest BCUT2D eigenvalue weighted by atomic mass is 35.5. The van der Waals surface area contributed by atoms with Gasteiger partial charge in [-0.3, -0.25) is 9.48 Å². The Balaban J connectivity index is 1.78. The Morgan fingerprint density at radius 1 is 1.40 bits per heavy atom. The number of carbonyl (C=O) groups is 1. The predicted octanol–water partition coefficient (Wildman–Crippen LogP) is 2.76. The lowest BCUT2D eigenvalue weighted by molar-refractivity contribution is 0.0628. The molecule has 1 unspecified atom stereocenters. The van der Waals surface area contributed by atoms with Gasteiger partial charge in [-0.25, -0.2) is 0 Å². The van der Waals surface area contributed by atoms with Crippen LogP contribution in [0.3, 0.4) is 0 Å². The first-order valence-electron chi connectivity index (χ1n) is 8.72. The number of rotatable bonds is 5. The first kappa shape index (κ1) is 17.9. The molecule has 2 heterocycles. The minimum absolute atomic E-state index is 0.0952. The van der Waals surface area contributed by atoms with Crippen LogP contribution in [0.5, 0.6) is 0 Å². The molecule has 0 bridgehead atoms. The average molecular weight is 362 g/mol. The Bertz CT molecular complexity index is 730. The van der Waals surface area contributed by atoms with Gasteiger partial charge in [-0.1, -0.05) is 48.9 Å². The molecule has 0 radical (unpaired) electrons. The highest BCUT2D eigenvalue weighted by molar-refractivity contribution is 6.31. The molecule has 3 rings (SSSR count). The molecule has 0 aliphatic carbocycles. The fraction of sp³-hybridized carbons (Fsp3) is 0.500. The summed E-state index contributed by atoms with van der Waals surface area (Å²) in [6, 6.07) is 7.57. The van der Waals surface area contributed by atoms with Gasteiger partial charge in [0.1, 0.15) is 0 Å². The molecule has 1 aliphatic heterocycles. The van der Waals surface area contributed by atoms with Crippen molar-refractivity contribution in [1.82, 2.24) is 25.2 Å². The van der Waals surface area contributed by atoms with Gasteiger partial charge in [-0.2, -0.15) is 0 Å². The monoisotopic (exact) mass is 361 g/mol. The molecule has 0 spiro atoms. The second kappa shape index (κ2) is 7.97. The van der Waals surface area contributed by atoms with Crippen LogP contribution in [0.1, 0.15) is 42.4 Å². The maximum Gasteiger partial charge on any atom is 0.276 e. The van der Waals surface area contributed by atoms with Crippen molar-refractivity contribution in [3.8, 4) is 0 Å². The van der Waals surface area contributed by atoms with Gasteiger partial charge in [0.25, 0.3) is 5.91 Å². The summed E-state index contributed by atoms with van der Waals surface area (Å²) >= 11 is 6.35. The van der Waals surface area contributed by atoms with E-state index < -0.39 is 0 Å². The van der Waals surface area contributed by atoms with Crippen LogP contribution in [-0.2, 0) is 6.54 Å². The number of aromatic nitrogens is 3. The van der Waals surface area contributed by atoms with Crippen LogP contribution in [0.15, 0.2) is 30.5 Å². The van der Waals surface area contributed by atoms with E-state index >= 15 is 0 Å². The molecule has 134 valence electrons. The molecule has 7 heteroatoms. The van der Waals surface area contributed by atoms with E-state index in [0.29, 0.717) is 29.7 Å². The number of piperazine rings is 1. The zero-order valence-corrected chi connectivity index (χ0v) is 15.4. The Morgan fingerprint density at radius 3 is 2.96 bits per heavy atom. The molecule has 1 saturated heterocycles. The van der Waals surface area contributed by atoms with Gasteiger partial charge in [0.2, 0.25) is 0 Å². The zero-order chi connectivity index (χ0) is 17.8. The van der Waals surface area contributed by atoms with E-state index in [1.165, 1.54) is 0 Å². The molecule has 1 aliphatic rings. The SMILES string of the molecule is CC(C)CCn1cc(C(=O)N2CCNCC2c2ccccc2Cl)nn1. The largest absolute Gasteiger partial charge is 0.328 e. The molecular weight excluding hydrogens is 338 g/mol. The number of aryl methyl sites for hydroxylation is 1. The van der Waals surface area contributed by atoms with Crippen molar-refractivity contribution in [2.45, 2.75) is 32.9 Å². The van der Waals surface area contributed by atoms with Gasteiger partial charge in [0.05, 0.1) is 12.2 Å². The summed E-state index contributed by atoms with van der Waals surface area (Å²) in [7, 11) is 0. The van der Waals surface area contributed by atoms with Crippen molar-refractivity contribution in [2.75, 3.05) is 19.6 Å². The molecule has 0 saturated carbocycles. The minimum atomic E-state index is -0.101. The van der Waals surface area contributed by atoms with Gasteiger partial charge >= 0.3 is 0 Å². The maximum atomic E-state index is 13.0. The number of nitrogens with zero attached hydrogens (tertiary/aromatic N) is 4. The van der Waals surface area contributed by atoms with Crippen LogP contribution < -0.4 is 5.32 Å². The molecule has 1 amide bonds. The Hall–Kier alpha value is -1.92. The van der Waals surface area contributed by atoms with Crippen molar-refractivity contribution in [3.05, 3.63) is 46.7 Å². The summed E-state index contributed by atoms with van der Waals surface area (Å²) < 4.78 is 1.75. The van der Waals surface area contributed by atoms with Gasteiger partial charge in [0, 0.05) is 31.2 Å². The first-order valence-corrected chi connectivity index (χ1v) is 9.10. The molecule has 6 nitrogen and oxygen atoms in total. The van der Waals surface area contributed by atoms with Crippen LogP contribution in [0.2, 0.25) is 5.02 Å². The quantitative estimate of drug-likeness (QED) is 0.889. The number of hydrogen-bond acceptors (Lipinski definition) is 4. The number of benzene rings is 1. The van der Waals surface area contributed by atoms with E-state index in [0.717, 1.165) is 25.1 Å². The highest BCUT2D eigenvalue weighted by Gasteiger charge is 2.31. The van der Waals surface area contributed by atoms with Crippen LogP contribution >= 0.6 is 11.6 Å². The predicted molar refractivity (Wildman–Crippen MR) is 97.6 cm³/mol. The van der Waals surface area contributed by atoms with Crippen molar-refractivity contribution >= 4 is 17.5 Å².